The van der Waals surface area contributed by atoms with Crippen LogP contribution in [0.15, 0.2) is 89.8 Å². The van der Waals surface area contributed by atoms with E-state index in [4.69, 9.17) is 14.8 Å². The SMILES string of the molecule is CCCCn1cnc2c(c(-c3ccccc3)c(-c3ccccc3)n2Cc2ccco2)c1=N. The number of fused-ring (bicyclic) bond motifs is 1. The molecule has 0 spiro atoms. The first-order chi connectivity index (χ1) is 15.8. The summed E-state index contributed by atoms with van der Waals surface area (Å²) in [6, 6.07) is 24.6. The first-order valence-electron chi connectivity index (χ1n) is 11.1. The van der Waals surface area contributed by atoms with Crippen LogP contribution in [0.3, 0.4) is 0 Å². The minimum Gasteiger partial charge on any atom is -0.467 e. The molecule has 0 aliphatic rings. The van der Waals surface area contributed by atoms with Crippen LogP contribution in [-0.2, 0) is 13.1 Å². The highest BCUT2D eigenvalue weighted by atomic mass is 16.3. The normalized spacial score (nSPS) is 11.3. The molecule has 0 atom stereocenters. The van der Waals surface area contributed by atoms with Crippen LogP contribution in [0.25, 0.3) is 33.4 Å². The summed E-state index contributed by atoms with van der Waals surface area (Å²) in [5, 5.41) is 9.99. The van der Waals surface area contributed by atoms with Crippen LogP contribution in [0.2, 0.25) is 0 Å². The molecule has 0 radical (unpaired) electrons. The largest absolute Gasteiger partial charge is 0.467 e. The van der Waals surface area contributed by atoms with E-state index in [2.05, 4.69) is 47.9 Å². The van der Waals surface area contributed by atoms with Gasteiger partial charge in [-0.05, 0) is 29.7 Å². The van der Waals surface area contributed by atoms with Gasteiger partial charge in [0.25, 0.3) is 0 Å². The van der Waals surface area contributed by atoms with Crippen molar-refractivity contribution in [2.45, 2.75) is 32.9 Å². The molecule has 5 heteroatoms. The highest BCUT2D eigenvalue weighted by Gasteiger charge is 2.23. The molecular formula is C27H26N4O. The van der Waals surface area contributed by atoms with Crippen molar-refractivity contribution in [3.63, 3.8) is 0 Å². The van der Waals surface area contributed by atoms with E-state index >= 15 is 0 Å². The molecule has 5 aromatic rings. The third-order valence-electron chi connectivity index (χ3n) is 5.84. The zero-order valence-electron chi connectivity index (χ0n) is 18.2. The summed E-state index contributed by atoms with van der Waals surface area (Å²) in [5.74, 6) is 0.856. The standard InChI is InChI=1S/C27H26N4O/c1-2-3-16-30-19-29-27-24(26(30)28)23(20-11-6-4-7-12-20)25(21-13-8-5-9-14-21)31(27)18-22-15-10-17-32-22/h4-15,17,19,28H,2-3,16,18H2,1H3. The number of nitrogens with zero attached hydrogens (tertiary/aromatic N) is 3. The first-order valence-corrected chi connectivity index (χ1v) is 11.1. The fraction of sp³-hybridized carbons (Fsp3) is 0.185. The van der Waals surface area contributed by atoms with Gasteiger partial charge in [0, 0.05) is 12.1 Å². The average molecular weight is 423 g/mol. The predicted molar refractivity (Wildman–Crippen MR) is 127 cm³/mol. The van der Waals surface area contributed by atoms with E-state index in [1.807, 2.05) is 47.3 Å². The summed E-state index contributed by atoms with van der Waals surface area (Å²) in [7, 11) is 0. The fourth-order valence-electron chi connectivity index (χ4n) is 4.28. The van der Waals surface area contributed by atoms with Crippen LogP contribution in [0.5, 0.6) is 0 Å². The molecular weight excluding hydrogens is 396 g/mol. The molecule has 3 heterocycles. The van der Waals surface area contributed by atoms with Crippen molar-refractivity contribution in [2.24, 2.45) is 0 Å². The van der Waals surface area contributed by atoms with Gasteiger partial charge in [-0.3, -0.25) is 5.41 Å². The van der Waals surface area contributed by atoms with Crippen LogP contribution in [0.4, 0.5) is 0 Å². The van der Waals surface area contributed by atoms with Gasteiger partial charge in [-0.25, -0.2) is 4.98 Å². The topological polar surface area (TPSA) is 59.7 Å². The van der Waals surface area contributed by atoms with Crippen molar-refractivity contribution in [3.05, 3.63) is 96.6 Å². The summed E-state index contributed by atoms with van der Waals surface area (Å²) in [4.78, 5) is 4.87. The van der Waals surface area contributed by atoms with Gasteiger partial charge in [0.1, 0.15) is 16.9 Å². The molecule has 1 N–H and O–H groups in total. The van der Waals surface area contributed by atoms with E-state index in [1.165, 1.54) is 0 Å². The van der Waals surface area contributed by atoms with Crippen molar-refractivity contribution in [1.29, 1.82) is 5.41 Å². The van der Waals surface area contributed by atoms with Crippen LogP contribution < -0.4 is 5.49 Å². The second kappa shape index (κ2) is 8.71. The second-order valence-corrected chi connectivity index (χ2v) is 7.96. The van der Waals surface area contributed by atoms with Crippen LogP contribution in [-0.4, -0.2) is 14.1 Å². The van der Waals surface area contributed by atoms with E-state index < -0.39 is 0 Å². The van der Waals surface area contributed by atoms with E-state index in [1.54, 1.807) is 6.26 Å². The number of nitrogens with one attached hydrogen (secondary N) is 1. The van der Waals surface area contributed by atoms with E-state index in [-0.39, 0.29) is 0 Å². The van der Waals surface area contributed by atoms with Crippen molar-refractivity contribution in [3.8, 4) is 22.4 Å². The molecule has 0 saturated carbocycles. The zero-order chi connectivity index (χ0) is 21.9. The highest BCUT2D eigenvalue weighted by Crippen LogP contribution is 2.39. The van der Waals surface area contributed by atoms with Gasteiger partial charge in [0.05, 0.1) is 30.2 Å². The molecule has 0 amide bonds. The molecule has 0 aliphatic carbocycles. The Bertz CT molecular complexity index is 1380. The molecule has 5 rings (SSSR count). The van der Waals surface area contributed by atoms with Gasteiger partial charge in [-0.2, -0.15) is 0 Å². The molecule has 0 unspecified atom stereocenters. The summed E-state index contributed by atoms with van der Waals surface area (Å²) >= 11 is 0. The maximum Gasteiger partial charge on any atom is 0.146 e. The monoisotopic (exact) mass is 422 g/mol. The van der Waals surface area contributed by atoms with Gasteiger partial charge in [-0.1, -0.05) is 74.0 Å². The lowest BCUT2D eigenvalue weighted by molar-refractivity contribution is 0.497. The lowest BCUT2D eigenvalue weighted by atomic mass is 9.99. The number of aryl methyl sites for hydroxylation is 1. The Morgan fingerprint density at radius 1 is 0.906 bits per heavy atom. The van der Waals surface area contributed by atoms with Crippen LogP contribution in [0.1, 0.15) is 25.5 Å². The smallest absolute Gasteiger partial charge is 0.146 e. The molecule has 0 fully saturated rings. The maximum atomic E-state index is 9.12. The summed E-state index contributed by atoms with van der Waals surface area (Å²) in [6.07, 6.45) is 5.60. The third-order valence-corrected chi connectivity index (χ3v) is 5.84. The lowest BCUT2D eigenvalue weighted by Crippen LogP contribution is -2.21. The maximum absolute atomic E-state index is 9.12. The Kier molecular flexibility index (Phi) is 5.46. The van der Waals surface area contributed by atoms with E-state index in [0.29, 0.717) is 12.0 Å². The lowest BCUT2D eigenvalue weighted by Gasteiger charge is -2.11. The second-order valence-electron chi connectivity index (χ2n) is 7.96. The molecule has 2 aromatic carbocycles. The van der Waals surface area contributed by atoms with E-state index in [0.717, 1.165) is 58.6 Å². The average Bonchev–Trinajstić information content (AvgIpc) is 3.47. The molecule has 5 nitrogen and oxygen atoms in total. The molecule has 0 aliphatic heterocycles. The molecule has 32 heavy (non-hydrogen) atoms. The summed E-state index contributed by atoms with van der Waals surface area (Å²) in [6.45, 7) is 3.50. The number of benzene rings is 2. The Morgan fingerprint density at radius 2 is 1.62 bits per heavy atom. The highest BCUT2D eigenvalue weighted by molar-refractivity contribution is 6.02. The minimum atomic E-state index is 0.498. The minimum absolute atomic E-state index is 0.498. The Balaban J connectivity index is 1.88. The predicted octanol–water partition coefficient (Wildman–Crippen LogP) is 6.09. The Morgan fingerprint density at radius 3 is 2.28 bits per heavy atom. The molecule has 160 valence electrons. The van der Waals surface area contributed by atoms with Gasteiger partial charge < -0.3 is 13.6 Å². The van der Waals surface area contributed by atoms with Crippen molar-refractivity contribution in [1.82, 2.24) is 14.1 Å². The number of hydrogen-bond donors (Lipinski definition) is 1. The summed E-state index contributed by atoms with van der Waals surface area (Å²) < 4.78 is 9.85. The van der Waals surface area contributed by atoms with Crippen LogP contribution in [0, 0.1) is 5.41 Å². The number of furan rings is 1. The summed E-state index contributed by atoms with van der Waals surface area (Å²) in [5.41, 5.74) is 5.57. The Labute approximate surface area is 187 Å². The zero-order valence-corrected chi connectivity index (χ0v) is 18.2. The van der Waals surface area contributed by atoms with Crippen molar-refractivity contribution in [2.75, 3.05) is 0 Å². The Hall–Kier alpha value is -3.86. The molecule has 3 aromatic heterocycles. The van der Waals surface area contributed by atoms with Gasteiger partial charge in [-0.15, -0.1) is 0 Å². The number of rotatable bonds is 7. The molecule has 0 bridgehead atoms. The first kappa shape index (κ1) is 20.1. The van der Waals surface area contributed by atoms with Crippen molar-refractivity contribution >= 4 is 11.0 Å². The van der Waals surface area contributed by atoms with Crippen molar-refractivity contribution < 1.29 is 4.42 Å². The number of aromatic nitrogens is 3. The van der Waals surface area contributed by atoms with E-state index in [9.17, 15) is 0 Å². The van der Waals surface area contributed by atoms with Gasteiger partial charge in [0.15, 0.2) is 0 Å². The number of unbranched alkanes of at least 4 members (excludes halogenated alkanes) is 1. The quantitative estimate of drug-likeness (QED) is 0.345. The fourth-order valence-corrected chi connectivity index (χ4v) is 4.28. The number of hydrogen-bond acceptors (Lipinski definition) is 3. The van der Waals surface area contributed by atoms with Gasteiger partial charge >= 0.3 is 0 Å². The third kappa shape index (κ3) is 3.56. The molecule has 0 saturated heterocycles. The van der Waals surface area contributed by atoms with Gasteiger partial charge in [0.2, 0.25) is 0 Å². The van der Waals surface area contributed by atoms with Crippen LogP contribution >= 0.6 is 0 Å².